The average Bonchev–Trinajstić information content (AvgIpc) is 3.06. The summed E-state index contributed by atoms with van der Waals surface area (Å²) in [5.41, 5.74) is 0.926. The second-order valence-electron chi connectivity index (χ2n) is 4.24. The first-order valence-corrected chi connectivity index (χ1v) is 7.72. The number of nitrogens with zero attached hydrogens (tertiary/aromatic N) is 3. The average molecular weight is 298 g/mol. The number of hydrogen-bond donors (Lipinski definition) is 3. The number of sulfonamides is 1. The van der Waals surface area contributed by atoms with Crippen LogP contribution < -0.4 is 10.0 Å². The van der Waals surface area contributed by atoms with E-state index in [0.29, 0.717) is 18.9 Å². The summed E-state index contributed by atoms with van der Waals surface area (Å²) < 4.78 is 28.8. The SMILES string of the molecule is CCn1cc(S(=O)(=O)NCc2ncn[nH]2)cc1CNC. The fourth-order valence-electron chi connectivity index (χ4n) is 1.86. The summed E-state index contributed by atoms with van der Waals surface area (Å²) >= 11 is 0. The van der Waals surface area contributed by atoms with E-state index < -0.39 is 10.0 Å². The zero-order valence-electron chi connectivity index (χ0n) is 11.4. The van der Waals surface area contributed by atoms with Gasteiger partial charge in [-0.1, -0.05) is 0 Å². The molecule has 2 heterocycles. The molecule has 0 bridgehead atoms. The summed E-state index contributed by atoms with van der Waals surface area (Å²) in [5.74, 6) is 0.471. The van der Waals surface area contributed by atoms with Crippen LogP contribution in [0.25, 0.3) is 0 Å². The Bertz CT molecular complexity index is 647. The first-order chi connectivity index (χ1) is 9.56. The lowest BCUT2D eigenvalue weighted by Gasteiger charge is -2.03. The Kier molecular flexibility index (Phi) is 4.53. The monoisotopic (exact) mass is 298 g/mol. The highest BCUT2D eigenvalue weighted by atomic mass is 32.2. The highest BCUT2D eigenvalue weighted by Gasteiger charge is 2.18. The number of aryl methyl sites for hydroxylation is 1. The van der Waals surface area contributed by atoms with Crippen molar-refractivity contribution in [3.8, 4) is 0 Å². The second kappa shape index (κ2) is 6.16. The molecular weight excluding hydrogens is 280 g/mol. The molecule has 0 saturated carbocycles. The molecule has 2 rings (SSSR count). The van der Waals surface area contributed by atoms with Gasteiger partial charge in [0.05, 0.1) is 11.4 Å². The fraction of sp³-hybridized carbons (Fsp3) is 0.455. The van der Waals surface area contributed by atoms with E-state index in [0.717, 1.165) is 5.69 Å². The molecule has 0 spiro atoms. The van der Waals surface area contributed by atoms with Crippen LogP contribution in [0.3, 0.4) is 0 Å². The van der Waals surface area contributed by atoms with Crippen LogP contribution in [0.1, 0.15) is 18.4 Å². The minimum atomic E-state index is -3.55. The number of nitrogens with one attached hydrogen (secondary N) is 3. The quantitative estimate of drug-likeness (QED) is 0.658. The van der Waals surface area contributed by atoms with Gasteiger partial charge in [0.1, 0.15) is 12.2 Å². The highest BCUT2D eigenvalue weighted by Crippen LogP contribution is 2.14. The van der Waals surface area contributed by atoms with Crippen LogP contribution in [0.15, 0.2) is 23.5 Å². The second-order valence-corrected chi connectivity index (χ2v) is 6.01. The van der Waals surface area contributed by atoms with Crippen LogP contribution in [-0.4, -0.2) is 35.2 Å². The van der Waals surface area contributed by atoms with Crippen molar-refractivity contribution >= 4 is 10.0 Å². The highest BCUT2D eigenvalue weighted by molar-refractivity contribution is 7.89. The molecule has 0 aliphatic carbocycles. The van der Waals surface area contributed by atoms with Crippen molar-refractivity contribution in [1.29, 1.82) is 0 Å². The third-order valence-electron chi connectivity index (χ3n) is 2.86. The maximum absolute atomic E-state index is 12.2. The molecule has 0 unspecified atom stereocenters. The molecule has 0 aliphatic heterocycles. The first-order valence-electron chi connectivity index (χ1n) is 6.24. The van der Waals surface area contributed by atoms with Crippen molar-refractivity contribution in [3.63, 3.8) is 0 Å². The molecule has 0 fully saturated rings. The summed E-state index contributed by atoms with van der Waals surface area (Å²) in [6, 6.07) is 1.67. The van der Waals surface area contributed by atoms with Crippen molar-refractivity contribution in [2.24, 2.45) is 0 Å². The molecule has 0 saturated heterocycles. The minimum absolute atomic E-state index is 0.0843. The van der Waals surface area contributed by atoms with Gasteiger partial charge in [0.15, 0.2) is 0 Å². The van der Waals surface area contributed by atoms with E-state index in [9.17, 15) is 8.42 Å². The van der Waals surface area contributed by atoms with Gasteiger partial charge in [-0.3, -0.25) is 5.10 Å². The molecule has 0 aromatic carbocycles. The van der Waals surface area contributed by atoms with E-state index in [1.54, 1.807) is 12.3 Å². The summed E-state index contributed by atoms with van der Waals surface area (Å²) in [6.07, 6.45) is 2.97. The molecule has 2 aromatic heterocycles. The van der Waals surface area contributed by atoms with Crippen LogP contribution in [-0.2, 0) is 29.7 Å². The van der Waals surface area contributed by atoms with Crippen molar-refractivity contribution in [3.05, 3.63) is 30.1 Å². The normalized spacial score (nSPS) is 11.9. The summed E-state index contributed by atoms with van der Waals surface area (Å²) in [7, 11) is -1.73. The summed E-state index contributed by atoms with van der Waals surface area (Å²) in [4.78, 5) is 4.13. The van der Waals surface area contributed by atoms with Gasteiger partial charge >= 0.3 is 0 Å². The lowest BCUT2D eigenvalue weighted by Crippen LogP contribution is -2.23. The van der Waals surface area contributed by atoms with E-state index in [2.05, 4.69) is 25.2 Å². The number of hydrogen-bond acceptors (Lipinski definition) is 5. The van der Waals surface area contributed by atoms with Crippen LogP contribution in [0, 0.1) is 0 Å². The van der Waals surface area contributed by atoms with Crippen molar-refractivity contribution in [2.75, 3.05) is 7.05 Å². The maximum atomic E-state index is 12.2. The number of aromatic amines is 1. The molecule has 2 aromatic rings. The molecule has 20 heavy (non-hydrogen) atoms. The third-order valence-corrected chi connectivity index (χ3v) is 4.23. The topological polar surface area (TPSA) is 105 Å². The molecule has 0 atom stereocenters. The largest absolute Gasteiger partial charge is 0.349 e. The van der Waals surface area contributed by atoms with Gasteiger partial charge in [-0.05, 0) is 20.0 Å². The van der Waals surface area contributed by atoms with Gasteiger partial charge in [-0.25, -0.2) is 18.1 Å². The summed E-state index contributed by atoms with van der Waals surface area (Å²) in [6.45, 7) is 3.39. The van der Waals surface area contributed by atoms with E-state index in [1.165, 1.54) is 6.33 Å². The van der Waals surface area contributed by atoms with Crippen molar-refractivity contribution in [1.82, 2.24) is 29.8 Å². The zero-order chi connectivity index (χ0) is 14.6. The van der Waals surface area contributed by atoms with Gasteiger partial charge in [-0.15, -0.1) is 0 Å². The lowest BCUT2D eigenvalue weighted by molar-refractivity contribution is 0.579. The molecular formula is C11H18N6O2S. The third kappa shape index (κ3) is 3.24. The van der Waals surface area contributed by atoms with Crippen molar-refractivity contribution in [2.45, 2.75) is 31.5 Å². The van der Waals surface area contributed by atoms with Gasteiger partial charge in [-0.2, -0.15) is 5.10 Å². The minimum Gasteiger partial charge on any atom is -0.349 e. The molecule has 8 nitrogen and oxygen atoms in total. The van der Waals surface area contributed by atoms with Crippen LogP contribution >= 0.6 is 0 Å². The van der Waals surface area contributed by atoms with Gasteiger partial charge < -0.3 is 9.88 Å². The lowest BCUT2D eigenvalue weighted by atomic mass is 10.4. The Hall–Kier alpha value is -1.71. The Balaban J connectivity index is 2.16. The number of rotatable bonds is 7. The van der Waals surface area contributed by atoms with Crippen LogP contribution in [0.2, 0.25) is 0 Å². The Morgan fingerprint density at radius 3 is 2.80 bits per heavy atom. The number of aromatic nitrogens is 4. The molecule has 9 heteroatoms. The van der Waals surface area contributed by atoms with Crippen molar-refractivity contribution < 1.29 is 8.42 Å². The van der Waals surface area contributed by atoms with Gasteiger partial charge in [0.2, 0.25) is 10.0 Å². The smallest absolute Gasteiger partial charge is 0.242 e. The van der Waals surface area contributed by atoms with Gasteiger partial charge in [0, 0.05) is 25.0 Å². The van der Waals surface area contributed by atoms with E-state index in [-0.39, 0.29) is 11.4 Å². The molecule has 0 radical (unpaired) electrons. The van der Waals surface area contributed by atoms with E-state index in [4.69, 9.17) is 0 Å². The predicted octanol–water partition coefficient (Wildman–Crippen LogP) is -0.176. The van der Waals surface area contributed by atoms with Crippen LogP contribution in [0.5, 0.6) is 0 Å². The Morgan fingerprint density at radius 2 is 2.20 bits per heavy atom. The zero-order valence-corrected chi connectivity index (χ0v) is 12.2. The van der Waals surface area contributed by atoms with Gasteiger partial charge in [0.25, 0.3) is 0 Å². The standard InChI is InChI=1S/C11H18N6O2S/c1-3-17-7-10(4-9(17)5-12-2)20(18,19)15-6-11-13-8-14-16-11/h4,7-8,12,15H,3,5-6H2,1-2H3,(H,13,14,16). The summed E-state index contributed by atoms with van der Waals surface area (Å²) in [5, 5.41) is 9.29. The van der Waals surface area contributed by atoms with Crippen LogP contribution in [0.4, 0.5) is 0 Å². The van der Waals surface area contributed by atoms with E-state index >= 15 is 0 Å². The number of H-pyrrole nitrogens is 1. The Labute approximate surface area is 117 Å². The Morgan fingerprint density at radius 1 is 1.40 bits per heavy atom. The maximum Gasteiger partial charge on any atom is 0.242 e. The first kappa shape index (κ1) is 14.7. The molecule has 0 aliphatic rings. The molecule has 110 valence electrons. The van der Waals surface area contributed by atoms with E-state index in [1.807, 2.05) is 18.5 Å². The fourth-order valence-corrected chi connectivity index (χ4v) is 2.91. The predicted molar refractivity (Wildman–Crippen MR) is 73.3 cm³/mol. The molecule has 0 amide bonds. The molecule has 3 N–H and O–H groups in total.